The van der Waals surface area contributed by atoms with Crippen molar-refractivity contribution in [3.8, 4) is 17.2 Å². The van der Waals surface area contributed by atoms with Gasteiger partial charge in [0.2, 0.25) is 5.89 Å². The summed E-state index contributed by atoms with van der Waals surface area (Å²) in [5.74, 6) is -1.12. The number of aryl methyl sites for hydroxylation is 1. The minimum atomic E-state index is -0.784. The lowest BCUT2D eigenvalue weighted by Gasteiger charge is -2.18. The molecule has 0 bridgehead atoms. The van der Waals surface area contributed by atoms with E-state index in [0.29, 0.717) is 29.9 Å². The van der Waals surface area contributed by atoms with E-state index in [4.69, 9.17) is 20.8 Å². The summed E-state index contributed by atoms with van der Waals surface area (Å²) in [6.45, 7) is 1.81. The van der Waals surface area contributed by atoms with Gasteiger partial charge in [-0.25, -0.2) is 9.29 Å². The van der Waals surface area contributed by atoms with Gasteiger partial charge < -0.3 is 9.15 Å². The fourth-order valence-corrected chi connectivity index (χ4v) is 4.34. The van der Waals surface area contributed by atoms with E-state index in [9.17, 15) is 14.0 Å². The Bertz CT molecular complexity index is 1290. The molecule has 2 aromatic carbocycles. The Labute approximate surface area is 193 Å². The molecule has 0 saturated heterocycles. The van der Waals surface area contributed by atoms with Crippen LogP contribution in [0.2, 0.25) is 5.02 Å². The SMILES string of the molecule is Cc1ccccc1-c1nnc(COc2cc(N3C(=O)C4=C(CCCC4)C3=O)c(F)cc2Cl)o1. The maximum atomic E-state index is 14.8. The maximum absolute atomic E-state index is 14.8. The van der Waals surface area contributed by atoms with Gasteiger partial charge >= 0.3 is 0 Å². The van der Waals surface area contributed by atoms with Crippen molar-refractivity contribution in [3.05, 3.63) is 69.8 Å². The molecule has 0 N–H and O–H groups in total. The lowest BCUT2D eigenvalue weighted by Crippen LogP contribution is -2.32. The van der Waals surface area contributed by atoms with E-state index in [-0.39, 0.29) is 29.0 Å². The van der Waals surface area contributed by atoms with Crippen LogP contribution in [0.4, 0.5) is 10.1 Å². The van der Waals surface area contributed by atoms with Crippen LogP contribution < -0.4 is 9.64 Å². The number of hydrogen-bond donors (Lipinski definition) is 0. The number of halogens is 2. The minimum Gasteiger partial charge on any atom is -0.482 e. The zero-order chi connectivity index (χ0) is 23.1. The summed E-state index contributed by atoms with van der Waals surface area (Å²) in [5.41, 5.74) is 2.54. The van der Waals surface area contributed by atoms with Crippen molar-refractivity contribution < 1.29 is 23.1 Å². The van der Waals surface area contributed by atoms with Crippen LogP contribution in [0.5, 0.6) is 5.75 Å². The number of carbonyl (C=O) groups excluding carboxylic acids is 2. The van der Waals surface area contributed by atoms with Crippen LogP contribution in [0.1, 0.15) is 37.1 Å². The first kappa shape index (κ1) is 21.3. The first-order chi connectivity index (χ1) is 15.9. The number of carbonyl (C=O) groups is 2. The molecular formula is C24H19ClFN3O4. The number of amides is 2. The molecule has 9 heteroatoms. The van der Waals surface area contributed by atoms with Gasteiger partial charge in [0.15, 0.2) is 6.61 Å². The summed E-state index contributed by atoms with van der Waals surface area (Å²) in [4.78, 5) is 26.5. The van der Waals surface area contributed by atoms with Crippen LogP contribution in [0.3, 0.4) is 0 Å². The first-order valence-electron chi connectivity index (χ1n) is 10.5. The number of hydrogen-bond acceptors (Lipinski definition) is 6. The lowest BCUT2D eigenvalue weighted by atomic mass is 9.93. The molecule has 1 aliphatic heterocycles. The van der Waals surface area contributed by atoms with Crippen LogP contribution in [0.15, 0.2) is 52.0 Å². The highest BCUT2D eigenvalue weighted by molar-refractivity contribution is 6.34. The molecule has 33 heavy (non-hydrogen) atoms. The third kappa shape index (κ3) is 3.80. The van der Waals surface area contributed by atoms with Crippen LogP contribution in [-0.2, 0) is 16.2 Å². The summed E-state index contributed by atoms with van der Waals surface area (Å²) < 4.78 is 26.1. The monoisotopic (exact) mass is 467 g/mol. The number of aromatic nitrogens is 2. The molecule has 2 aliphatic rings. The van der Waals surface area contributed by atoms with Gasteiger partial charge in [-0.1, -0.05) is 29.8 Å². The molecule has 0 spiro atoms. The highest BCUT2D eigenvalue weighted by Crippen LogP contribution is 2.39. The number of benzene rings is 2. The highest BCUT2D eigenvalue weighted by Gasteiger charge is 2.41. The standard InChI is InChI=1S/C24H19ClFN3O4/c1-13-6-2-3-7-14(13)22-28-27-21(33-22)12-32-20-11-19(18(26)10-17(20)25)29-23(30)15-8-4-5-9-16(15)24(29)31/h2-3,6-7,10-11H,4-5,8-9,12H2,1H3. The normalized spacial score (nSPS) is 15.9. The van der Waals surface area contributed by atoms with Crippen molar-refractivity contribution in [1.29, 1.82) is 0 Å². The third-order valence-corrected chi connectivity index (χ3v) is 6.12. The Morgan fingerprint density at radius 1 is 1.09 bits per heavy atom. The molecule has 5 rings (SSSR count). The van der Waals surface area contributed by atoms with E-state index in [2.05, 4.69) is 10.2 Å². The van der Waals surface area contributed by atoms with Crippen molar-refractivity contribution in [2.45, 2.75) is 39.2 Å². The Morgan fingerprint density at radius 2 is 1.79 bits per heavy atom. The van der Waals surface area contributed by atoms with Crippen molar-refractivity contribution in [1.82, 2.24) is 10.2 Å². The van der Waals surface area contributed by atoms with Crippen molar-refractivity contribution >= 4 is 29.1 Å². The quantitative estimate of drug-likeness (QED) is 0.482. The lowest BCUT2D eigenvalue weighted by molar-refractivity contribution is -0.120. The molecule has 0 radical (unpaired) electrons. The molecule has 0 fully saturated rings. The van der Waals surface area contributed by atoms with Gasteiger partial charge in [0, 0.05) is 22.8 Å². The third-order valence-electron chi connectivity index (χ3n) is 5.83. The fraction of sp³-hybridized carbons (Fsp3) is 0.250. The molecule has 1 aromatic heterocycles. The van der Waals surface area contributed by atoms with Crippen molar-refractivity contribution in [2.24, 2.45) is 0 Å². The summed E-state index contributed by atoms with van der Waals surface area (Å²) >= 11 is 6.16. The molecule has 1 aliphatic carbocycles. The molecular weight excluding hydrogens is 449 g/mol. The van der Waals surface area contributed by atoms with Crippen LogP contribution in [0.25, 0.3) is 11.5 Å². The highest BCUT2D eigenvalue weighted by atomic mass is 35.5. The van der Waals surface area contributed by atoms with Gasteiger partial charge in [-0.05, 0) is 50.3 Å². The smallest absolute Gasteiger partial charge is 0.261 e. The molecule has 0 atom stereocenters. The van der Waals surface area contributed by atoms with E-state index in [1.165, 1.54) is 6.07 Å². The van der Waals surface area contributed by atoms with Crippen LogP contribution >= 0.6 is 11.6 Å². The minimum absolute atomic E-state index is 0.00768. The summed E-state index contributed by atoms with van der Waals surface area (Å²) in [5, 5.41) is 8.02. The van der Waals surface area contributed by atoms with Crippen LogP contribution in [0, 0.1) is 12.7 Å². The predicted molar refractivity (Wildman–Crippen MR) is 118 cm³/mol. The molecule has 3 aromatic rings. The summed E-state index contributed by atoms with van der Waals surface area (Å²) in [6, 6.07) is 9.87. The predicted octanol–water partition coefficient (Wildman–Crippen LogP) is 5.16. The molecule has 2 amide bonds. The van der Waals surface area contributed by atoms with Gasteiger partial charge in [0.1, 0.15) is 11.6 Å². The molecule has 168 valence electrons. The summed E-state index contributed by atoms with van der Waals surface area (Å²) in [7, 11) is 0. The number of nitrogens with zero attached hydrogens (tertiary/aromatic N) is 3. The summed E-state index contributed by atoms with van der Waals surface area (Å²) in [6.07, 6.45) is 2.71. The molecule has 7 nitrogen and oxygen atoms in total. The van der Waals surface area contributed by atoms with Gasteiger partial charge in [-0.15, -0.1) is 10.2 Å². The number of anilines is 1. The first-order valence-corrected chi connectivity index (χ1v) is 10.9. The fourth-order valence-electron chi connectivity index (χ4n) is 4.13. The van der Waals surface area contributed by atoms with E-state index in [1.807, 2.05) is 31.2 Å². The molecule has 2 heterocycles. The molecule has 0 saturated carbocycles. The zero-order valence-corrected chi connectivity index (χ0v) is 18.5. The van der Waals surface area contributed by atoms with Gasteiger partial charge in [-0.3, -0.25) is 9.59 Å². The second kappa shape index (κ2) is 8.44. The van der Waals surface area contributed by atoms with Gasteiger partial charge in [-0.2, -0.15) is 0 Å². The largest absolute Gasteiger partial charge is 0.482 e. The Balaban J connectivity index is 1.38. The van der Waals surface area contributed by atoms with E-state index in [1.54, 1.807) is 0 Å². The number of imide groups is 1. The average Bonchev–Trinajstić information content (AvgIpc) is 3.37. The second-order valence-corrected chi connectivity index (χ2v) is 8.36. The maximum Gasteiger partial charge on any atom is 0.261 e. The molecule has 0 unspecified atom stereocenters. The van der Waals surface area contributed by atoms with E-state index < -0.39 is 17.6 Å². The number of ether oxygens (including phenoxy) is 1. The van der Waals surface area contributed by atoms with Gasteiger partial charge in [0.05, 0.1) is 10.7 Å². The van der Waals surface area contributed by atoms with Gasteiger partial charge in [0.25, 0.3) is 17.7 Å². The Morgan fingerprint density at radius 3 is 2.48 bits per heavy atom. The Hall–Kier alpha value is -3.52. The van der Waals surface area contributed by atoms with Crippen molar-refractivity contribution in [2.75, 3.05) is 4.90 Å². The average molecular weight is 468 g/mol. The van der Waals surface area contributed by atoms with Crippen molar-refractivity contribution in [3.63, 3.8) is 0 Å². The van der Waals surface area contributed by atoms with E-state index >= 15 is 0 Å². The topological polar surface area (TPSA) is 85.5 Å². The van der Waals surface area contributed by atoms with E-state index in [0.717, 1.165) is 34.9 Å². The van der Waals surface area contributed by atoms with Crippen LogP contribution in [-0.4, -0.2) is 22.0 Å². The zero-order valence-electron chi connectivity index (χ0n) is 17.7. The Kier molecular flexibility index (Phi) is 5.46. The second-order valence-electron chi connectivity index (χ2n) is 7.95. The number of rotatable bonds is 5.